The number of carbonyl (C=O) groups is 1. The molecule has 0 bridgehead atoms. The molecule has 21 heavy (non-hydrogen) atoms. The van der Waals surface area contributed by atoms with Crippen LogP contribution in [-0.4, -0.2) is 28.3 Å². The molecule has 1 aliphatic heterocycles. The lowest BCUT2D eigenvalue weighted by Gasteiger charge is -2.11. The van der Waals surface area contributed by atoms with Gasteiger partial charge in [-0.05, 0) is 12.1 Å². The number of carbonyl (C=O) groups excluding carboxylic acids is 1. The summed E-state index contributed by atoms with van der Waals surface area (Å²) in [7, 11) is 0. The molecule has 0 radical (unpaired) electrons. The second kappa shape index (κ2) is 5.97. The fourth-order valence-corrected chi connectivity index (χ4v) is 2.78. The van der Waals surface area contributed by atoms with E-state index in [9.17, 15) is 4.79 Å². The number of amidine groups is 1. The van der Waals surface area contributed by atoms with Crippen LogP contribution in [0.15, 0.2) is 63.7 Å². The molecule has 2 aromatic rings. The van der Waals surface area contributed by atoms with Gasteiger partial charge in [0, 0.05) is 18.0 Å². The number of amides is 1. The molecule has 1 aromatic carbocycles. The summed E-state index contributed by atoms with van der Waals surface area (Å²) >= 11 is 1.36. The van der Waals surface area contributed by atoms with E-state index in [0.717, 1.165) is 11.0 Å². The topological polar surface area (TPSA) is 58.2 Å². The summed E-state index contributed by atoms with van der Waals surface area (Å²) < 4.78 is 5.64. The molecule has 106 valence electrons. The van der Waals surface area contributed by atoms with Crippen LogP contribution in [0.3, 0.4) is 0 Å². The van der Waals surface area contributed by atoms with Crippen molar-refractivity contribution in [2.75, 3.05) is 12.3 Å². The third kappa shape index (κ3) is 2.90. The van der Waals surface area contributed by atoms with Crippen LogP contribution in [0.25, 0.3) is 11.0 Å². The Morgan fingerprint density at radius 3 is 3.00 bits per heavy atom. The number of para-hydroxylation sites is 1. The highest BCUT2D eigenvalue weighted by molar-refractivity contribution is 8.15. The predicted octanol–water partition coefficient (Wildman–Crippen LogP) is 2.37. The van der Waals surface area contributed by atoms with Crippen LogP contribution >= 0.6 is 11.8 Å². The van der Waals surface area contributed by atoms with Crippen LogP contribution in [0.1, 0.15) is 0 Å². The van der Waals surface area contributed by atoms with E-state index in [1.54, 1.807) is 17.0 Å². The fourth-order valence-electron chi connectivity index (χ4n) is 1.95. The molecular formula is C15H13N3O2S. The molecule has 0 aliphatic carbocycles. The first-order valence-corrected chi connectivity index (χ1v) is 7.41. The Bertz CT molecular complexity index is 795. The van der Waals surface area contributed by atoms with Crippen LogP contribution in [0, 0.1) is 0 Å². The lowest BCUT2D eigenvalue weighted by Crippen LogP contribution is -2.29. The zero-order chi connectivity index (χ0) is 14.7. The van der Waals surface area contributed by atoms with Crippen molar-refractivity contribution < 1.29 is 9.21 Å². The number of hydrogen-bond donors (Lipinski definition) is 0. The predicted molar refractivity (Wildman–Crippen MR) is 83.6 cm³/mol. The lowest BCUT2D eigenvalue weighted by molar-refractivity contribution is -0.123. The average molecular weight is 299 g/mol. The molecule has 1 fully saturated rings. The maximum atomic E-state index is 11.7. The van der Waals surface area contributed by atoms with Crippen molar-refractivity contribution in [3.05, 3.63) is 54.6 Å². The zero-order valence-corrected chi connectivity index (χ0v) is 12.0. The first-order valence-electron chi connectivity index (χ1n) is 6.42. The SMILES string of the molecule is C=CCN1C(=O)CS/C1=N/N=c1\ccc2ccccc2o1. The van der Waals surface area contributed by atoms with Gasteiger partial charge in [0.1, 0.15) is 5.58 Å². The highest BCUT2D eigenvalue weighted by Gasteiger charge is 2.27. The van der Waals surface area contributed by atoms with Crippen molar-refractivity contribution in [1.82, 2.24) is 4.90 Å². The van der Waals surface area contributed by atoms with E-state index in [-0.39, 0.29) is 5.91 Å². The Labute approximate surface area is 125 Å². The zero-order valence-electron chi connectivity index (χ0n) is 11.2. The van der Waals surface area contributed by atoms with Gasteiger partial charge < -0.3 is 4.42 Å². The molecule has 5 nitrogen and oxygen atoms in total. The molecule has 0 spiro atoms. The molecule has 0 unspecified atom stereocenters. The number of nitrogens with zero attached hydrogens (tertiary/aromatic N) is 3. The smallest absolute Gasteiger partial charge is 0.239 e. The van der Waals surface area contributed by atoms with E-state index >= 15 is 0 Å². The summed E-state index contributed by atoms with van der Waals surface area (Å²) in [5, 5.41) is 9.77. The van der Waals surface area contributed by atoms with E-state index in [1.165, 1.54) is 11.8 Å². The number of thioether (sulfide) groups is 1. The number of fused-ring (bicyclic) bond motifs is 1. The van der Waals surface area contributed by atoms with E-state index in [0.29, 0.717) is 23.0 Å². The minimum atomic E-state index is 0.0179. The second-order valence-corrected chi connectivity index (χ2v) is 5.32. The van der Waals surface area contributed by atoms with Gasteiger partial charge in [-0.25, -0.2) is 0 Å². The van der Waals surface area contributed by atoms with Crippen molar-refractivity contribution in [2.45, 2.75) is 0 Å². The summed E-state index contributed by atoms with van der Waals surface area (Å²) in [6, 6.07) is 11.4. The van der Waals surface area contributed by atoms with Crippen molar-refractivity contribution in [1.29, 1.82) is 0 Å². The Kier molecular flexibility index (Phi) is 3.87. The van der Waals surface area contributed by atoms with Gasteiger partial charge in [-0.2, -0.15) is 0 Å². The molecule has 1 amide bonds. The normalized spacial score (nSPS) is 17.9. The van der Waals surface area contributed by atoms with Crippen molar-refractivity contribution in [3.8, 4) is 0 Å². The summed E-state index contributed by atoms with van der Waals surface area (Å²) in [6.07, 6.45) is 1.67. The first-order chi connectivity index (χ1) is 10.3. The van der Waals surface area contributed by atoms with Gasteiger partial charge in [-0.1, -0.05) is 36.0 Å². The molecule has 6 heteroatoms. The van der Waals surface area contributed by atoms with E-state index < -0.39 is 0 Å². The van der Waals surface area contributed by atoms with Crippen LogP contribution in [-0.2, 0) is 4.79 Å². The third-order valence-electron chi connectivity index (χ3n) is 2.94. The van der Waals surface area contributed by atoms with Crippen LogP contribution < -0.4 is 5.55 Å². The van der Waals surface area contributed by atoms with Crippen LogP contribution in [0.4, 0.5) is 0 Å². The Morgan fingerprint density at radius 2 is 2.14 bits per heavy atom. The molecule has 1 saturated heterocycles. The van der Waals surface area contributed by atoms with E-state index in [1.807, 2.05) is 30.3 Å². The molecule has 0 N–H and O–H groups in total. The highest BCUT2D eigenvalue weighted by Crippen LogP contribution is 2.19. The Balaban J connectivity index is 1.94. The second-order valence-electron chi connectivity index (χ2n) is 4.38. The minimum absolute atomic E-state index is 0.0179. The summed E-state index contributed by atoms with van der Waals surface area (Å²) in [5.41, 5.74) is 1.15. The standard InChI is InChI=1S/C15H13N3O2S/c1-2-9-18-14(19)10-21-15(18)17-16-13-8-7-11-5-3-4-6-12(11)20-13/h2-8H,1,9-10H2/b16-13+,17-15+. The van der Waals surface area contributed by atoms with Gasteiger partial charge >= 0.3 is 0 Å². The van der Waals surface area contributed by atoms with Crippen molar-refractivity contribution >= 4 is 33.8 Å². The van der Waals surface area contributed by atoms with Gasteiger partial charge in [0.25, 0.3) is 0 Å². The molecular weight excluding hydrogens is 286 g/mol. The third-order valence-corrected chi connectivity index (χ3v) is 3.89. The molecule has 1 aromatic heterocycles. The molecule has 3 rings (SSSR count). The minimum Gasteiger partial charge on any atom is -0.437 e. The summed E-state index contributed by atoms with van der Waals surface area (Å²) in [4.78, 5) is 13.2. The van der Waals surface area contributed by atoms with Crippen LogP contribution in [0.2, 0.25) is 0 Å². The first kappa shape index (κ1) is 13.6. The van der Waals surface area contributed by atoms with Gasteiger partial charge in [-0.3, -0.25) is 9.69 Å². The van der Waals surface area contributed by atoms with Gasteiger partial charge in [0.2, 0.25) is 11.5 Å². The summed E-state index contributed by atoms with van der Waals surface area (Å²) in [6.45, 7) is 4.08. The van der Waals surface area contributed by atoms with Crippen molar-refractivity contribution in [2.24, 2.45) is 10.2 Å². The Hall–Kier alpha value is -2.34. The molecule has 0 atom stereocenters. The molecule has 2 heterocycles. The van der Waals surface area contributed by atoms with Crippen molar-refractivity contribution in [3.63, 3.8) is 0 Å². The lowest BCUT2D eigenvalue weighted by atomic mass is 10.2. The average Bonchev–Trinajstić information content (AvgIpc) is 2.86. The molecule has 0 saturated carbocycles. The van der Waals surface area contributed by atoms with Crippen LogP contribution in [0.5, 0.6) is 0 Å². The van der Waals surface area contributed by atoms with E-state index in [2.05, 4.69) is 16.8 Å². The highest BCUT2D eigenvalue weighted by atomic mass is 32.2. The maximum Gasteiger partial charge on any atom is 0.239 e. The number of rotatable bonds is 3. The number of hydrogen-bond acceptors (Lipinski definition) is 5. The molecule has 1 aliphatic rings. The van der Waals surface area contributed by atoms with E-state index in [4.69, 9.17) is 4.42 Å². The Morgan fingerprint density at radius 1 is 1.29 bits per heavy atom. The number of benzene rings is 1. The fraction of sp³-hybridized carbons (Fsp3) is 0.133. The van der Waals surface area contributed by atoms with Gasteiger partial charge in [0.05, 0.1) is 5.75 Å². The monoisotopic (exact) mass is 299 g/mol. The quantitative estimate of drug-likeness (QED) is 0.646. The maximum absolute atomic E-state index is 11.7. The van der Waals surface area contributed by atoms with Gasteiger partial charge in [-0.15, -0.1) is 16.8 Å². The largest absolute Gasteiger partial charge is 0.437 e. The summed E-state index contributed by atoms with van der Waals surface area (Å²) in [5.74, 6) is 0.404. The van der Waals surface area contributed by atoms with Gasteiger partial charge in [0.15, 0.2) is 5.17 Å².